The zero-order valence-electron chi connectivity index (χ0n) is 11.6. The normalized spacial score (nSPS) is 10.6. The van der Waals surface area contributed by atoms with E-state index in [0.717, 1.165) is 12.0 Å². The van der Waals surface area contributed by atoms with E-state index < -0.39 is 0 Å². The van der Waals surface area contributed by atoms with Crippen LogP contribution in [0.1, 0.15) is 31.7 Å². The first kappa shape index (κ1) is 16.2. The maximum Gasteiger partial charge on any atom is 0.240 e. The van der Waals surface area contributed by atoms with Gasteiger partial charge in [0.25, 0.3) is 0 Å². The third kappa shape index (κ3) is 5.40. The number of carbonyl (C=O) groups excluding carboxylic acids is 2. The molecule has 2 amide bonds. The van der Waals surface area contributed by atoms with Gasteiger partial charge >= 0.3 is 0 Å². The molecular weight excluding hydrogens is 278 g/mol. The average Bonchev–Trinajstić information content (AvgIpc) is 2.42. The van der Waals surface area contributed by atoms with Crippen LogP contribution in [-0.4, -0.2) is 18.0 Å². The van der Waals surface area contributed by atoms with Crippen molar-refractivity contribution in [3.8, 4) is 0 Å². The minimum absolute atomic E-state index is 0.0898. The Balaban J connectivity index is 2.42. The van der Waals surface area contributed by atoms with E-state index in [1.54, 1.807) is 24.4 Å². The van der Waals surface area contributed by atoms with Crippen molar-refractivity contribution < 1.29 is 9.59 Å². The predicted molar refractivity (Wildman–Crippen MR) is 81.0 cm³/mol. The van der Waals surface area contributed by atoms with Crippen molar-refractivity contribution in [3.05, 3.63) is 28.8 Å². The van der Waals surface area contributed by atoms with Gasteiger partial charge in [-0.15, -0.1) is 0 Å². The number of anilines is 1. The Hall–Kier alpha value is -1.88. The number of nitrogens with zero attached hydrogens (tertiary/aromatic N) is 1. The van der Waals surface area contributed by atoms with Gasteiger partial charge in [-0.3, -0.25) is 9.59 Å². The summed E-state index contributed by atoms with van der Waals surface area (Å²) in [5.41, 5.74) is 3.82. The Morgan fingerprint density at radius 3 is 2.70 bits per heavy atom. The van der Waals surface area contributed by atoms with Crippen LogP contribution in [0.15, 0.2) is 23.3 Å². The van der Waals surface area contributed by atoms with E-state index in [-0.39, 0.29) is 24.7 Å². The molecule has 0 bridgehead atoms. The molecule has 1 aromatic carbocycles. The fourth-order valence-electron chi connectivity index (χ4n) is 1.45. The quantitative estimate of drug-likeness (QED) is 0.626. The number of benzene rings is 1. The Morgan fingerprint density at radius 2 is 2.00 bits per heavy atom. The van der Waals surface area contributed by atoms with Crippen molar-refractivity contribution in [3.63, 3.8) is 0 Å². The van der Waals surface area contributed by atoms with Gasteiger partial charge in [-0.1, -0.05) is 24.6 Å². The molecule has 0 fully saturated rings. The first-order valence-corrected chi connectivity index (χ1v) is 6.77. The largest absolute Gasteiger partial charge is 0.326 e. The molecule has 0 atom stereocenters. The molecule has 0 radical (unpaired) electrons. The SMILES string of the molecule is CCC=NNC(=O)CCC(=O)Nc1cccc(Cl)c1C. The molecule has 108 valence electrons. The van der Waals surface area contributed by atoms with Crippen LogP contribution in [0, 0.1) is 6.92 Å². The molecular formula is C14H18ClN3O2. The summed E-state index contributed by atoms with van der Waals surface area (Å²) in [5.74, 6) is -0.516. The fraction of sp³-hybridized carbons (Fsp3) is 0.357. The first-order valence-electron chi connectivity index (χ1n) is 6.40. The second kappa shape index (κ2) is 8.32. The van der Waals surface area contributed by atoms with Crippen LogP contribution in [-0.2, 0) is 9.59 Å². The molecule has 20 heavy (non-hydrogen) atoms. The van der Waals surface area contributed by atoms with E-state index in [1.165, 1.54) is 0 Å². The van der Waals surface area contributed by atoms with Crippen molar-refractivity contribution in [2.24, 2.45) is 5.10 Å². The van der Waals surface area contributed by atoms with Gasteiger partial charge in [0, 0.05) is 29.8 Å². The minimum atomic E-state index is -0.285. The van der Waals surface area contributed by atoms with Crippen LogP contribution in [0.3, 0.4) is 0 Å². The number of hydrazone groups is 1. The summed E-state index contributed by atoms with van der Waals surface area (Å²) in [6, 6.07) is 5.29. The van der Waals surface area contributed by atoms with Crippen LogP contribution in [0.2, 0.25) is 5.02 Å². The lowest BCUT2D eigenvalue weighted by atomic mass is 10.2. The third-order valence-electron chi connectivity index (χ3n) is 2.58. The zero-order valence-corrected chi connectivity index (χ0v) is 12.3. The minimum Gasteiger partial charge on any atom is -0.326 e. The van der Waals surface area contributed by atoms with Gasteiger partial charge in [0.2, 0.25) is 11.8 Å². The van der Waals surface area contributed by atoms with Crippen molar-refractivity contribution in [1.29, 1.82) is 0 Å². The van der Waals surface area contributed by atoms with Crippen molar-refractivity contribution in [2.75, 3.05) is 5.32 Å². The number of rotatable bonds is 6. The van der Waals surface area contributed by atoms with Gasteiger partial charge in [0.15, 0.2) is 0 Å². The Bertz CT molecular complexity index is 515. The van der Waals surface area contributed by atoms with Crippen LogP contribution < -0.4 is 10.7 Å². The number of hydrogen-bond acceptors (Lipinski definition) is 3. The molecule has 0 unspecified atom stereocenters. The molecule has 0 saturated carbocycles. The molecule has 2 N–H and O–H groups in total. The highest BCUT2D eigenvalue weighted by molar-refractivity contribution is 6.31. The Labute approximate surface area is 123 Å². The lowest BCUT2D eigenvalue weighted by Crippen LogP contribution is -2.20. The third-order valence-corrected chi connectivity index (χ3v) is 2.99. The summed E-state index contributed by atoms with van der Waals surface area (Å²) < 4.78 is 0. The molecule has 0 aliphatic rings. The van der Waals surface area contributed by atoms with Crippen LogP contribution in [0.5, 0.6) is 0 Å². The lowest BCUT2D eigenvalue weighted by molar-refractivity contribution is -0.124. The van der Waals surface area contributed by atoms with Crippen molar-refractivity contribution in [2.45, 2.75) is 33.1 Å². The van der Waals surface area contributed by atoms with E-state index in [9.17, 15) is 9.59 Å². The van der Waals surface area contributed by atoms with E-state index >= 15 is 0 Å². The number of amides is 2. The molecule has 6 heteroatoms. The lowest BCUT2D eigenvalue weighted by Gasteiger charge is -2.09. The smallest absolute Gasteiger partial charge is 0.240 e. The molecule has 0 spiro atoms. The molecule has 1 rings (SSSR count). The maximum absolute atomic E-state index is 11.7. The fourth-order valence-corrected chi connectivity index (χ4v) is 1.62. The van der Waals surface area contributed by atoms with Gasteiger partial charge in [-0.05, 0) is 31.0 Å². The molecule has 0 aromatic heterocycles. The van der Waals surface area contributed by atoms with Crippen molar-refractivity contribution in [1.82, 2.24) is 5.43 Å². The van der Waals surface area contributed by atoms with Crippen molar-refractivity contribution >= 4 is 35.3 Å². The second-order valence-electron chi connectivity index (χ2n) is 4.22. The highest BCUT2D eigenvalue weighted by Crippen LogP contribution is 2.22. The number of halogens is 1. The summed E-state index contributed by atoms with van der Waals surface area (Å²) in [5, 5.41) is 7.03. The molecule has 0 heterocycles. The van der Waals surface area contributed by atoms with Crippen LogP contribution in [0.4, 0.5) is 5.69 Å². The monoisotopic (exact) mass is 295 g/mol. The van der Waals surface area contributed by atoms with Gasteiger partial charge in [0.05, 0.1) is 0 Å². The summed E-state index contributed by atoms with van der Waals surface area (Å²) in [4.78, 5) is 23.1. The number of nitrogens with one attached hydrogen (secondary N) is 2. The maximum atomic E-state index is 11.7. The van der Waals surface area contributed by atoms with Crippen LogP contribution in [0.25, 0.3) is 0 Å². The van der Waals surface area contributed by atoms with Gasteiger partial charge in [-0.2, -0.15) is 5.10 Å². The summed E-state index contributed by atoms with van der Waals surface area (Å²) in [6.45, 7) is 3.74. The Morgan fingerprint density at radius 1 is 1.30 bits per heavy atom. The van der Waals surface area contributed by atoms with Crippen LogP contribution >= 0.6 is 11.6 Å². The van der Waals surface area contributed by atoms with Gasteiger partial charge in [-0.25, -0.2) is 5.43 Å². The Kier molecular flexibility index (Phi) is 6.73. The second-order valence-corrected chi connectivity index (χ2v) is 4.62. The van der Waals surface area contributed by atoms with E-state index in [4.69, 9.17) is 11.6 Å². The van der Waals surface area contributed by atoms with E-state index in [2.05, 4.69) is 15.8 Å². The standard InChI is InChI=1S/C14H18ClN3O2/c1-3-9-16-18-14(20)8-7-13(19)17-12-6-4-5-11(15)10(12)2/h4-6,9H,3,7-8H2,1-2H3,(H,17,19)(H,18,20). The summed E-state index contributed by atoms with van der Waals surface area (Å²) in [6.07, 6.45) is 2.52. The molecule has 0 aliphatic carbocycles. The average molecular weight is 296 g/mol. The number of carbonyl (C=O) groups is 2. The zero-order chi connectivity index (χ0) is 15.0. The molecule has 5 nitrogen and oxygen atoms in total. The molecule has 0 saturated heterocycles. The van der Waals surface area contributed by atoms with Gasteiger partial charge < -0.3 is 5.32 Å². The summed E-state index contributed by atoms with van der Waals surface area (Å²) in [7, 11) is 0. The molecule has 0 aliphatic heterocycles. The van der Waals surface area contributed by atoms with Gasteiger partial charge in [0.1, 0.15) is 0 Å². The molecule has 1 aromatic rings. The number of hydrogen-bond donors (Lipinski definition) is 2. The predicted octanol–water partition coefficient (Wildman–Crippen LogP) is 2.88. The van der Waals surface area contributed by atoms with E-state index in [0.29, 0.717) is 10.7 Å². The van der Waals surface area contributed by atoms with E-state index in [1.807, 2.05) is 13.8 Å². The first-order chi connectivity index (χ1) is 9.54. The summed E-state index contributed by atoms with van der Waals surface area (Å²) >= 11 is 5.96. The topological polar surface area (TPSA) is 70.6 Å². The highest BCUT2D eigenvalue weighted by atomic mass is 35.5. The highest BCUT2D eigenvalue weighted by Gasteiger charge is 2.09.